The molecule has 0 aliphatic carbocycles. The maximum absolute atomic E-state index is 6.25. The van der Waals surface area contributed by atoms with Gasteiger partial charge in [-0.15, -0.1) is 11.3 Å². The Morgan fingerprint density at radius 3 is 1.73 bits per heavy atom. The van der Waals surface area contributed by atoms with Gasteiger partial charge in [0.2, 0.25) is 0 Å². The number of thiophene rings is 1. The Morgan fingerprint density at radius 1 is 0.339 bits per heavy atom. The summed E-state index contributed by atoms with van der Waals surface area (Å²) in [6.45, 7) is 0. The van der Waals surface area contributed by atoms with E-state index in [0.29, 0.717) is 17.5 Å². The third kappa shape index (κ3) is 5.48. The molecule has 0 atom stereocenters. The lowest BCUT2D eigenvalue weighted by Crippen LogP contribution is -2.00. The Labute approximate surface area is 327 Å². The molecular formula is C51H31N3OS. The van der Waals surface area contributed by atoms with Crippen molar-refractivity contribution in [2.45, 2.75) is 0 Å². The van der Waals surface area contributed by atoms with Crippen molar-refractivity contribution in [2.24, 2.45) is 0 Å². The number of hydrogen-bond acceptors (Lipinski definition) is 5. The van der Waals surface area contributed by atoms with Crippen molar-refractivity contribution in [1.82, 2.24) is 15.0 Å². The number of para-hydroxylation sites is 1. The van der Waals surface area contributed by atoms with Gasteiger partial charge in [-0.1, -0.05) is 152 Å². The summed E-state index contributed by atoms with van der Waals surface area (Å²) in [5, 5.41) is 4.53. The van der Waals surface area contributed by atoms with E-state index in [2.05, 4.69) is 152 Å². The fourth-order valence-corrected chi connectivity index (χ4v) is 9.17. The van der Waals surface area contributed by atoms with Crippen LogP contribution in [0.3, 0.4) is 0 Å². The maximum atomic E-state index is 6.25. The van der Waals surface area contributed by atoms with Gasteiger partial charge in [0.1, 0.15) is 11.2 Å². The minimum Gasteiger partial charge on any atom is -0.456 e. The van der Waals surface area contributed by atoms with E-state index in [1.165, 1.54) is 37.0 Å². The van der Waals surface area contributed by atoms with Crippen molar-refractivity contribution in [3.05, 3.63) is 188 Å². The second-order valence-corrected chi connectivity index (χ2v) is 15.0. The van der Waals surface area contributed by atoms with Crippen LogP contribution in [0, 0.1) is 0 Å². The molecule has 3 aromatic heterocycles. The highest BCUT2D eigenvalue weighted by atomic mass is 32.1. The first kappa shape index (κ1) is 32.2. The number of furan rings is 1. The van der Waals surface area contributed by atoms with Crippen LogP contribution in [0.1, 0.15) is 0 Å². The summed E-state index contributed by atoms with van der Waals surface area (Å²) in [5.74, 6) is 1.88. The lowest BCUT2D eigenvalue weighted by atomic mass is 9.95. The Hall–Kier alpha value is -7.21. The Kier molecular flexibility index (Phi) is 7.64. The molecule has 0 bridgehead atoms. The summed E-state index contributed by atoms with van der Waals surface area (Å²) in [4.78, 5) is 15.6. The van der Waals surface area contributed by atoms with Crippen LogP contribution in [0.15, 0.2) is 192 Å². The first-order chi connectivity index (χ1) is 27.7. The zero-order valence-electron chi connectivity index (χ0n) is 30.1. The van der Waals surface area contributed by atoms with E-state index in [1.54, 1.807) is 0 Å². The highest BCUT2D eigenvalue weighted by molar-refractivity contribution is 7.26. The van der Waals surface area contributed by atoms with Crippen LogP contribution in [0.5, 0.6) is 0 Å². The van der Waals surface area contributed by atoms with E-state index in [-0.39, 0.29) is 0 Å². The average molecular weight is 734 g/mol. The zero-order valence-corrected chi connectivity index (χ0v) is 30.9. The molecule has 0 amide bonds. The van der Waals surface area contributed by atoms with Crippen LogP contribution in [0.25, 0.3) is 110 Å². The normalized spacial score (nSPS) is 11.6. The predicted molar refractivity (Wildman–Crippen MR) is 233 cm³/mol. The van der Waals surface area contributed by atoms with E-state index in [4.69, 9.17) is 19.4 Å². The van der Waals surface area contributed by atoms with Crippen LogP contribution < -0.4 is 0 Å². The van der Waals surface area contributed by atoms with E-state index in [9.17, 15) is 0 Å². The van der Waals surface area contributed by atoms with Gasteiger partial charge in [-0.3, -0.25) is 0 Å². The molecule has 3 heterocycles. The minimum absolute atomic E-state index is 0.617. The fraction of sp³-hybridized carbons (Fsp3) is 0. The summed E-state index contributed by atoms with van der Waals surface area (Å²) in [5.41, 5.74) is 11.5. The molecule has 0 N–H and O–H groups in total. The van der Waals surface area contributed by atoms with Gasteiger partial charge in [0, 0.05) is 53.2 Å². The third-order valence-electron chi connectivity index (χ3n) is 10.5. The molecule has 0 aliphatic heterocycles. The summed E-state index contributed by atoms with van der Waals surface area (Å²) in [7, 11) is 0. The van der Waals surface area contributed by atoms with Crippen LogP contribution in [0.2, 0.25) is 0 Å². The number of rotatable bonds is 6. The standard InChI is InChI=1S/C51H31N3OS/c1-4-15-32(16-5-1)37-30-41(33-17-6-2-7-18-33)48-42(31-37)47-40(25-14-28-45(47)56-48)51-53-49(34-19-8-3-9-20-34)52-50(54-51)36-22-12-21-35(29-36)38-24-13-27-44-46(38)39-23-10-11-26-43(39)55-44/h1-31H. The average Bonchev–Trinajstić information content (AvgIpc) is 3.86. The van der Waals surface area contributed by atoms with Gasteiger partial charge in [0.15, 0.2) is 17.5 Å². The predicted octanol–water partition coefficient (Wildman–Crippen LogP) is 14.1. The first-order valence-corrected chi connectivity index (χ1v) is 19.5. The molecule has 11 rings (SSSR count). The molecule has 0 aliphatic rings. The van der Waals surface area contributed by atoms with Crippen LogP contribution in [-0.4, -0.2) is 15.0 Å². The molecule has 11 aromatic rings. The summed E-state index contributed by atoms with van der Waals surface area (Å²) in [6, 6.07) is 65.6. The smallest absolute Gasteiger partial charge is 0.164 e. The Balaban J connectivity index is 1.14. The molecule has 5 heteroatoms. The molecule has 0 unspecified atom stereocenters. The lowest BCUT2D eigenvalue weighted by Gasteiger charge is -2.12. The van der Waals surface area contributed by atoms with Crippen molar-refractivity contribution in [3.63, 3.8) is 0 Å². The quantitative estimate of drug-likeness (QED) is 0.171. The Morgan fingerprint density at radius 2 is 0.929 bits per heavy atom. The van der Waals surface area contributed by atoms with Gasteiger partial charge in [0.05, 0.1) is 0 Å². The van der Waals surface area contributed by atoms with Crippen LogP contribution in [-0.2, 0) is 0 Å². The fourth-order valence-electron chi connectivity index (χ4n) is 7.93. The lowest BCUT2D eigenvalue weighted by molar-refractivity contribution is 0.669. The molecule has 4 nitrogen and oxygen atoms in total. The van der Waals surface area contributed by atoms with Gasteiger partial charge in [-0.05, 0) is 64.2 Å². The van der Waals surface area contributed by atoms with E-state index >= 15 is 0 Å². The van der Waals surface area contributed by atoms with Gasteiger partial charge in [-0.2, -0.15) is 0 Å². The third-order valence-corrected chi connectivity index (χ3v) is 11.7. The summed E-state index contributed by atoms with van der Waals surface area (Å²) >= 11 is 1.82. The molecule has 0 radical (unpaired) electrons. The van der Waals surface area contributed by atoms with Crippen molar-refractivity contribution < 1.29 is 4.42 Å². The highest BCUT2D eigenvalue weighted by Gasteiger charge is 2.20. The molecular weight excluding hydrogens is 703 g/mol. The van der Waals surface area contributed by atoms with E-state index < -0.39 is 0 Å². The van der Waals surface area contributed by atoms with Crippen LogP contribution in [0.4, 0.5) is 0 Å². The zero-order chi connectivity index (χ0) is 37.0. The van der Waals surface area contributed by atoms with Crippen molar-refractivity contribution in [3.8, 4) is 67.5 Å². The summed E-state index contributed by atoms with van der Waals surface area (Å²) < 4.78 is 8.68. The van der Waals surface area contributed by atoms with Crippen molar-refractivity contribution in [2.75, 3.05) is 0 Å². The SMILES string of the molecule is c1ccc(-c2cc(-c3ccccc3)c3sc4cccc(-c5nc(-c6ccccc6)nc(-c6cccc(-c7cccc8oc9ccccc9c78)c6)n5)c4c3c2)cc1. The molecule has 262 valence electrons. The second-order valence-electron chi connectivity index (χ2n) is 13.9. The molecule has 56 heavy (non-hydrogen) atoms. The Bertz CT molecular complexity index is 3240. The highest BCUT2D eigenvalue weighted by Crippen LogP contribution is 2.46. The number of hydrogen-bond donors (Lipinski definition) is 0. The largest absolute Gasteiger partial charge is 0.456 e. The van der Waals surface area contributed by atoms with Crippen molar-refractivity contribution >= 4 is 53.4 Å². The maximum Gasteiger partial charge on any atom is 0.164 e. The number of benzene rings is 8. The van der Waals surface area contributed by atoms with Crippen LogP contribution >= 0.6 is 11.3 Å². The minimum atomic E-state index is 0.617. The molecule has 8 aromatic carbocycles. The molecule has 0 fully saturated rings. The number of nitrogens with zero attached hydrogens (tertiary/aromatic N) is 3. The van der Waals surface area contributed by atoms with Gasteiger partial charge in [0.25, 0.3) is 0 Å². The van der Waals surface area contributed by atoms with Gasteiger partial charge in [-0.25, -0.2) is 15.0 Å². The molecule has 0 saturated carbocycles. The van der Waals surface area contributed by atoms with E-state index in [0.717, 1.165) is 55.1 Å². The topological polar surface area (TPSA) is 51.8 Å². The monoisotopic (exact) mass is 733 g/mol. The van der Waals surface area contributed by atoms with Gasteiger partial charge >= 0.3 is 0 Å². The van der Waals surface area contributed by atoms with E-state index in [1.807, 2.05) is 47.7 Å². The van der Waals surface area contributed by atoms with Crippen molar-refractivity contribution in [1.29, 1.82) is 0 Å². The number of fused-ring (bicyclic) bond motifs is 6. The van der Waals surface area contributed by atoms with Gasteiger partial charge < -0.3 is 4.42 Å². The summed E-state index contributed by atoms with van der Waals surface area (Å²) in [6.07, 6.45) is 0. The molecule has 0 saturated heterocycles. The first-order valence-electron chi connectivity index (χ1n) is 18.7. The second kappa shape index (κ2) is 13.3. The molecule has 0 spiro atoms. The number of aromatic nitrogens is 3.